The number of carbonyl (C=O) groups is 1. The third-order valence-corrected chi connectivity index (χ3v) is 1.87. The van der Waals surface area contributed by atoms with E-state index < -0.39 is 0 Å². The van der Waals surface area contributed by atoms with Crippen LogP contribution in [0.1, 0.15) is 24.7 Å². The second kappa shape index (κ2) is 4.72. The summed E-state index contributed by atoms with van der Waals surface area (Å²) in [6, 6.07) is 1.84. The number of rotatable bonds is 4. The second-order valence-corrected chi connectivity index (χ2v) is 3.69. The van der Waals surface area contributed by atoms with Gasteiger partial charge in [-0.1, -0.05) is 0 Å². The van der Waals surface area contributed by atoms with E-state index in [4.69, 9.17) is 5.73 Å². The van der Waals surface area contributed by atoms with Crippen LogP contribution in [0.2, 0.25) is 0 Å². The predicted molar refractivity (Wildman–Crippen MR) is 58.4 cm³/mol. The van der Waals surface area contributed by atoms with Crippen LogP contribution in [0.25, 0.3) is 0 Å². The maximum absolute atomic E-state index is 10.7. The number of anilines is 1. The summed E-state index contributed by atoms with van der Waals surface area (Å²) in [5, 5.41) is 3.03. The van der Waals surface area contributed by atoms with Crippen molar-refractivity contribution in [2.45, 2.75) is 33.2 Å². The first-order valence-corrected chi connectivity index (χ1v) is 4.84. The summed E-state index contributed by atoms with van der Waals surface area (Å²) in [7, 11) is 0. The first-order chi connectivity index (χ1) is 6.97. The largest absolute Gasteiger partial charge is 0.370 e. The Hall–Kier alpha value is -1.65. The molecule has 0 saturated heterocycles. The normalized spacial score (nSPS) is 12.2. The van der Waals surface area contributed by atoms with Crippen LogP contribution in [-0.2, 0) is 4.79 Å². The fraction of sp³-hybridized carbons (Fsp3) is 0.500. The highest BCUT2D eigenvalue weighted by molar-refractivity contribution is 5.74. The minimum Gasteiger partial charge on any atom is -0.370 e. The van der Waals surface area contributed by atoms with E-state index in [-0.39, 0.29) is 18.4 Å². The molecule has 0 saturated carbocycles. The summed E-state index contributed by atoms with van der Waals surface area (Å²) in [5.74, 6) is 0.209. The quantitative estimate of drug-likeness (QED) is 0.765. The summed E-state index contributed by atoms with van der Waals surface area (Å²) in [4.78, 5) is 19.1. The Kier molecular flexibility index (Phi) is 3.60. The number of hydrogen-bond acceptors (Lipinski definition) is 4. The van der Waals surface area contributed by atoms with Crippen LogP contribution in [0.5, 0.6) is 0 Å². The zero-order valence-electron chi connectivity index (χ0n) is 9.24. The molecule has 82 valence electrons. The van der Waals surface area contributed by atoms with Crippen LogP contribution < -0.4 is 11.1 Å². The lowest BCUT2D eigenvalue weighted by atomic mass is 10.2. The van der Waals surface area contributed by atoms with Crippen molar-refractivity contribution in [2.24, 2.45) is 5.73 Å². The van der Waals surface area contributed by atoms with Gasteiger partial charge in [0.1, 0.15) is 0 Å². The molecule has 0 aromatic carbocycles. The van der Waals surface area contributed by atoms with E-state index in [2.05, 4.69) is 15.3 Å². The summed E-state index contributed by atoms with van der Waals surface area (Å²) in [5.41, 5.74) is 6.89. The highest BCUT2D eigenvalue weighted by Gasteiger charge is 2.07. The molecule has 1 aromatic heterocycles. The Morgan fingerprint density at radius 1 is 1.47 bits per heavy atom. The molecule has 5 heteroatoms. The van der Waals surface area contributed by atoms with Gasteiger partial charge in [-0.3, -0.25) is 4.79 Å². The van der Waals surface area contributed by atoms with Crippen molar-refractivity contribution >= 4 is 11.9 Å². The van der Waals surface area contributed by atoms with E-state index in [0.717, 1.165) is 11.4 Å². The summed E-state index contributed by atoms with van der Waals surface area (Å²) in [6.07, 6.45) is 0.274. The number of nitrogens with one attached hydrogen (secondary N) is 1. The molecule has 1 amide bonds. The van der Waals surface area contributed by atoms with Crippen LogP contribution in [0, 0.1) is 13.8 Å². The monoisotopic (exact) mass is 208 g/mol. The third-order valence-electron chi connectivity index (χ3n) is 1.87. The molecule has 1 unspecified atom stereocenters. The Bertz CT molecular complexity index is 344. The van der Waals surface area contributed by atoms with Gasteiger partial charge >= 0.3 is 0 Å². The molecule has 0 aliphatic carbocycles. The molecule has 0 spiro atoms. The van der Waals surface area contributed by atoms with E-state index >= 15 is 0 Å². The Labute approximate surface area is 89.1 Å². The molecule has 1 heterocycles. The van der Waals surface area contributed by atoms with Gasteiger partial charge in [0.2, 0.25) is 11.9 Å². The first-order valence-electron chi connectivity index (χ1n) is 4.84. The molecule has 0 aliphatic rings. The van der Waals surface area contributed by atoms with Crippen molar-refractivity contribution in [1.82, 2.24) is 9.97 Å². The van der Waals surface area contributed by atoms with Gasteiger partial charge in [-0.05, 0) is 26.8 Å². The van der Waals surface area contributed by atoms with E-state index in [1.54, 1.807) is 0 Å². The fourth-order valence-electron chi connectivity index (χ4n) is 1.36. The van der Waals surface area contributed by atoms with Gasteiger partial charge in [0.15, 0.2) is 0 Å². The van der Waals surface area contributed by atoms with Crippen LogP contribution in [0.4, 0.5) is 5.95 Å². The van der Waals surface area contributed by atoms with Gasteiger partial charge in [0, 0.05) is 23.9 Å². The number of amides is 1. The Morgan fingerprint density at radius 2 is 2.00 bits per heavy atom. The van der Waals surface area contributed by atoms with Crippen LogP contribution in [-0.4, -0.2) is 21.9 Å². The van der Waals surface area contributed by atoms with E-state index in [9.17, 15) is 4.79 Å². The van der Waals surface area contributed by atoms with Crippen LogP contribution >= 0.6 is 0 Å². The van der Waals surface area contributed by atoms with Crippen molar-refractivity contribution < 1.29 is 4.79 Å². The predicted octanol–water partition coefficient (Wildman–Crippen LogP) is 0.769. The van der Waals surface area contributed by atoms with Crippen molar-refractivity contribution in [2.75, 3.05) is 5.32 Å². The van der Waals surface area contributed by atoms with Gasteiger partial charge in [0.25, 0.3) is 0 Å². The topological polar surface area (TPSA) is 80.9 Å². The lowest BCUT2D eigenvalue weighted by molar-refractivity contribution is -0.118. The molecule has 0 fully saturated rings. The van der Waals surface area contributed by atoms with Gasteiger partial charge in [0.05, 0.1) is 0 Å². The van der Waals surface area contributed by atoms with Gasteiger partial charge in [-0.25, -0.2) is 9.97 Å². The van der Waals surface area contributed by atoms with Crippen molar-refractivity contribution in [3.05, 3.63) is 17.5 Å². The maximum atomic E-state index is 10.7. The number of hydrogen-bond donors (Lipinski definition) is 2. The van der Waals surface area contributed by atoms with Crippen molar-refractivity contribution in [1.29, 1.82) is 0 Å². The average molecular weight is 208 g/mol. The highest BCUT2D eigenvalue weighted by Crippen LogP contribution is 2.06. The van der Waals surface area contributed by atoms with E-state index in [0.29, 0.717) is 5.95 Å². The molecule has 3 N–H and O–H groups in total. The number of aryl methyl sites for hydroxylation is 2. The van der Waals surface area contributed by atoms with E-state index in [1.165, 1.54) is 0 Å². The van der Waals surface area contributed by atoms with E-state index in [1.807, 2.05) is 26.8 Å². The molecule has 5 nitrogen and oxygen atoms in total. The minimum atomic E-state index is -0.334. The lowest BCUT2D eigenvalue weighted by Crippen LogP contribution is -2.25. The molecule has 0 bridgehead atoms. The van der Waals surface area contributed by atoms with Crippen molar-refractivity contribution in [3.63, 3.8) is 0 Å². The Morgan fingerprint density at radius 3 is 2.47 bits per heavy atom. The maximum Gasteiger partial charge on any atom is 0.223 e. The molecule has 1 atom stereocenters. The van der Waals surface area contributed by atoms with Crippen LogP contribution in [0.15, 0.2) is 6.07 Å². The number of nitrogens with zero attached hydrogens (tertiary/aromatic N) is 2. The molecule has 0 radical (unpaired) electrons. The van der Waals surface area contributed by atoms with Gasteiger partial charge in [-0.15, -0.1) is 0 Å². The molecular weight excluding hydrogens is 192 g/mol. The van der Waals surface area contributed by atoms with Crippen LogP contribution in [0.3, 0.4) is 0 Å². The van der Waals surface area contributed by atoms with Gasteiger partial charge in [-0.2, -0.15) is 0 Å². The molecule has 1 aromatic rings. The molecule has 1 rings (SSSR count). The lowest BCUT2D eigenvalue weighted by Gasteiger charge is -2.12. The second-order valence-electron chi connectivity index (χ2n) is 3.69. The zero-order chi connectivity index (χ0) is 11.4. The SMILES string of the molecule is Cc1cc(C)nc(NC(C)CC(N)=O)n1. The first kappa shape index (κ1) is 11.4. The van der Waals surface area contributed by atoms with Crippen molar-refractivity contribution in [3.8, 4) is 0 Å². The van der Waals surface area contributed by atoms with Gasteiger partial charge < -0.3 is 11.1 Å². The average Bonchev–Trinajstić information content (AvgIpc) is 1.98. The number of nitrogens with two attached hydrogens (primary N) is 1. The number of primary amides is 1. The standard InChI is InChI=1S/C10H16N4O/c1-6-4-7(2)13-10(12-6)14-8(3)5-9(11)15/h4,8H,5H2,1-3H3,(H2,11,15)(H,12,13,14). The number of aromatic nitrogens is 2. The number of carbonyl (C=O) groups excluding carboxylic acids is 1. The summed E-state index contributed by atoms with van der Waals surface area (Å²) < 4.78 is 0. The Balaban J connectivity index is 2.67. The zero-order valence-corrected chi connectivity index (χ0v) is 9.24. The highest BCUT2D eigenvalue weighted by atomic mass is 16.1. The minimum absolute atomic E-state index is 0.0521. The molecule has 15 heavy (non-hydrogen) atoms. The fourth-order valence-corrected chi connectivity index (χ4v) is 1.36. The smallest absolute Gasteiger partial charge is 0.223 e. The summed E-state index contributed by atoms with van der Waals surface area (Å²) in [6.45, 7) is 5.67. The molecule has 0 aliphatic heterocycles. The summed E-state index contributed by atoms with van der Waals surface area (Å²) >= 11 is 0. The third kappa shape index (κ3) is 3.93. The molecular formula is C10H16N4O.